The molecule has 2 aliphatic rings. The van der Waals surface area contributed by atoms with E-state index in [1.165, 1.54) is 24.2 Å². The number of carbonyl (C=O) groups is 3. The van der Waals surface area contributed by atoms with E-state index < -0.39 is 18.2 Å². The third-order valence-corrected chi connectivity index (χ3v) is 11.4. The van der Waals surface area contributed by atoms with Crippen LogP contribution in [0.4, 0.5) is 5.13 Å². The molecule has 2 aromatic heterocycles. The van der Waals surface area contributed by atoms with Crippen LogP contribution in [0.2, 0.25) is 0 Å². The SMILES string of the molecule is CC(C)C[C@H](O)[C@H](O)[C@H](CC1CCCCC1)N(Cc1csc(N)n1)C(=O)CCC(=O)N(CC(=O)N(C)CCc1ccccn1)CC1CCCCC1. The molecule has 284 valence electrons. The molecule has 0 unspecified atom stereocenters. The minimum atomic E-state index is -1.15. The van der Waals surface area contributed by atoms with E-state index in [-0.39, 0.29) is 49.6 Å². The fourth-order valence-electron chi connectivity index (χ4n) is 7.74. The Kier molecular flexibility index (Phi) is 16.6. The zero-order valence-corrected chi connectivity index (χ0v) is 31.9. The fraction of sp³-hybridized carbons (Fsp3) is 0.718. The van der Waals surface area contributed by atoms with Gasteiger partial charge in [-0.15, -0.1) is 11.3 Å². The molecular formula is C39H62N6O5S. The number of anilines is 1. The van der Waals surface area contributed by atoms with E-state index in [0.717, 1.165) is 57.1 Å². The summed E-state index contributed by atoms with van der Waals surface area (Å²) in [6.45, 7) is 5.09. The van der Waals surface area contributed by atoms with Crippen LogP contribution >= 0.6 is 11.3 Å². The second-order valence-corrected chi connectivity index (χ2v) is 16.2. The number of carbonyl (C=O) groups excluding carboxylic acids is 3. The summed E-state index contributed by atoms with van der Waals surface area (Å²) in [5.41, 5.74) is 7.49. The highest BCUT2D eigenvalue weighted by molar-refractivity contribution is 7.13. The van der Waals surface area contributed by atoms with Crippen LogP contribution in [0.25, 0.3) is 0 Å². The molecule has 4 rings (SSSR count). The molecule has 0 aliphatic heterocycles. The normalized spacial score (nSPS) is 17.5. The number of aliphatic hydroxyl groups is 2. The van der Waals surface area contributed by atoms with E-state index >= 15 is 0 Å². The van der Waals surface area contributed by atoms with E-state index in [0.29, 0.717) is 55.0 Å². The molecule has 2 aromatic rings. The molecule has 2 fully saturated rings. The molecule has 2 heterocycles. The van der Waals surface area contributed by atoms with Gasteiger partial charge in [-0.1, -0.05) is 71.3 Å². The van der Waals surface area contributed by atoms with Gasteiger partial charge in [-0.2, -0.15) is 0 Å². The van der Waals surface area contributed by atoms with E-state index in [2.05, 4.69) is 9.97 Å². The number of thiazole rings is 1. The molecule has 0 radical (unpaired) electrons. The molecule has 4 N–H and O–H groups in total. The van der Waals surface area contributed by atoms with Gasteiger partial charge in [0, 0.05) is 56.7 Å². The maximum absolute atomic E-state index is 14.3. The van der Waals surface area contributed by atoms with Gasteiger partial charge in [0.15, 0.2) is 5.13 Å². The predicted octanol–water partition coefficient (Wildman–Crippen LogP) is 5.45. The van der Waals surface area contributed by atoms with Gasteiger partial charge in [-0.25, -0.2) is 4.98 Å². The van der Waals surface area contributed by atoms with Gasteiger partial charge in [-0.05, 0) is 55.6 Å². The van der Waals surface area contributed by atoms with Gasteiger partial charge >= 0.3 is 0 Å². The smallest absolute Gasteiger partial charge is 0.241 e. The van der Waals surface area contributed by atoms with E-state index in [9.17, 15) is 24.6 Å². The number of nitrogen functional groups attached to an aromatic ring is 1. The van der Waals surface area contributed by atoms with Crippen molar-refractivity contribution >= 4 is 34.2 Å². The quantitative estimate of drug-likeness (QED) is 0.173. The van der Waals surface area contributed by atoms with Crippen molar-refractivity contribution in [2.24, 2.45) is 17.8 Å². The molecule has 3 atom stereocenters. The van der Waals surface area contributed by atoms with Gasteiger partial charge in [0.05, 0.1) is 30.9 Å². The Morgan fingerprint density at radius 3 is 2.20 bits per heavy atom. The van der Waals surface area contributed by atoms with Crippen molar-refractivity contribution in [1.29, 1.82) is 0 Å². The third-order valence-electron chi connectivity index (χ3n) is 10.7. The minimum absolute atomic E-state index is 0.0333. The topological polar surface area (TPSA) is 153 Å². The molecule has 0 aromatic carbocycles. The number of likely N-dealkylation sites (N-methyl/N-ethyl adjacent to an activating group) is 1. The van der Waals surface area contributed by atoms with Crippen LogP contribution in [-0.4, -0.2) is 97.5 Å². The first-order valence-electron chi connectivity index (χ1n) is 19.3. The Morgan fingerprint density at radius 1 is 0.922 bits per heavy atom. The maximum atomic E-state index is 14.3. The number of hydrogen-bond donors (Lipinski definition) is 3. The number of pyridine rings is 1. The number of aromatic nitrogens is 2. The number of hydrogen-bond acceptors (Lipinski definition) is 9. The van der Waals surface area contributed by atoms with Crippen molar-refractivity contribution in [3.8, 4) is 0 Å². The third kappa shape index (κ3) is 13.4. The summed E-state index contributed by atoms with van der Waals surface area (Å²) in [5.74, 6) is 0.184. The summed E-state index contributed by atoms with van der Waals surface area (Å²) in [6.07, 6.45) is 12.0. The molecule has 0 bridgehead atoms. The van der Waals surface area contributed by atoms with Gasteiger partial charge < -0.3 is 30.6 Å². The van der Waals surface area contributed by atoms with Crippen LogP contribution in [0.1, 0.15) is 115 Å². The van der Waals surface area contributed by atoms with E-state index in [4.69, 9.17) is 5.73 Å². The zero-order valence-electron chi connectivity index (χ0n) is 31.1. The average molecular weight is 727 g/mol. The van der Waals surface area contributed by atoms with E-state index in [1.807, 2.05) is 37.4 Å². The lowest BCUT2D eigenvalue weighted by Gasteiger charge is -2.39. The number of nitrogens with zero attached hydrogens (tertiary/aromatic N) is 5. The van der Waals surface area contributed by atoms with Crippen LogP contribution in [0.15, 0.2) is 29.8 Å². The molecule has 0 saturated heterocycles. The molecule has 11 nitrogen and oxygen atoms in total. The first-order valence-corrected chi connectivity index (χ1v) is 20.1. The van der Waals surface area contributed by atoms with Crippen LogP contribution in [0.3, 0.4) is 0 Å². The Bertz CT molecular complexity index is 1350. The first kappa shape index (κ1) is 40.7. The predicted molar refractivity (Wildman–Crippen MR) is 201 cm³/mol. The summed E-state index contributed by atoms with van der Waals surface area (Å²) in [4.78, 5) is 55.4. The lowest BCUT2D eigenvalue weighted by molar-refractivity contribution is -0.145. The largest absolute Gasteiger partial charge is 0.390 e. The highest BCUT2D eigenvalue weighted by Crippen LogP contribution is 2.32. The molecule has 3 amide bonds. The molecule has 51 heavy (non-hydrogen) atoms. The van der Waals surface area contributed by atoms with Crippen molar-refractivity contribution in [3.63, 3.8) is 0 Å². The molecule has 0 spiro atoms. The highest BCUT2D eigenvalue weighted by Gasteiger charge is 2.37. The van der Waals surface area contributed by atoms with Crippen molar-refractivity contribution in [2.45, 2.75) is 135 Å². The van der Waals surface area contributed by atoms with Crippen LogP contribution in [0.5, 0.6) is 0 Å². The minimum Gasteiger partial charge on any atom is -0.390 e. The number of rotatable bonds is 19. The van der Waals surface area contributed by atoms with Gasteiger partial charge in [0.2, 0.25) is 17.7 Å². The Morgan fingerprint density at radius 2 is 1.59 bits per heavy atom. The summed E-state index contributed by atoms with van der Waals surface area (Å²) >= 11 is 1.29. The van der Waals surface area contributed by atoms with Crippen LogP contribution in [0, 0.1) is 17.8 Å². The zero-order chi connectivity index (χ0) is 36.8. The number of nitrogens with two attached hydrogens (primary N) is 1. The lowest BCUT2D eigenvalue weighted by atomic mass is 9.81. The number of aliphatic hydroxyl groups excluding tert-OH is 2. The monoisotopic (exact) mass is 726 g/mol. The maximum Gasteiger partial charge on any atom is 0.241 e. The second-order valence-electron chi connectivity index (χ2n) is 15.4. The van der Waals surface area contributed by atoms with Gasteiger partial charge in [-0.3, -0.25) is 19.4 Å². The molecular weight excluding hydrogens is 665 g/mol. The summed E-state index contributed by atoms with van der Waals surface area (Å²) in [7, 11) is 1.76. The fourth-order valence-corrected chi connectivity index (χ4v) is 8.30. The second kappa shape index (κ2) is 20.8. The van der Waals surface area contributed by atoms with Crippen molar-refractivity contribution in [3.05, 3.63) is 41.2 Å². The van der Waals surface area contributed by atoms with Crippen molar-refractivity contribution < 1.29 is 24.6 Å². The Labute approximate surface area is 309 Å². The summed E-state index contributed by atoms with van der Waals surface area (Å²) in [5, 5.41) is 25.0. The van der Waals surface area contributed by atoms with Crippen molar-refractivity contribution in [1.82, 2.24) is 24.7 Å². The van der Waals surface area contributed by atoms with Crippen LogP contribution in [-0.2, 0) is 27.3 Å². The van der Waals surface area contributed by atoms with Crippen LogP contribution < -0.4 is 5.73 Å². The summed E-state index contributed by atoms with van der Waals surface area (Å²) in [6, 6.07) is 5.09. The lowest BCUT2D eigenvalue weighted by Crippen LogP contribution is -2.52. The average Bonchev–Trinajstić information content (AvgIpc) is 3.55. The first-order chi connectivity index (χ1) is 24.5. The molecule has 2 aliphatic carbocycles. The van der Waals surface area contributed by atoms with Gasteiger partial charge in [0.1, 0.15) is 6.10 Å². The number of amides is 3. The van der Waals surface area contributed by atoms with Crippen molar-refractivity contribution in [2.75, 3.05) is 32.4 Å². The Balaban J connectivity index is 1.49. The van der Waals surface area contributed by atoms with Gasteiger partial charge in [0.25, 0.3) is 0 Å². The summed E-state index contributed by atoms with van der Waals surface area (Å²) < 4.78 is 0. The Hall–Kier alpha value is -3.09. The molecule has 2 saturated carbocycles. The molecule has 12 heteroatoms. The standard InChI is InChI=1S/C39H62N6O5S/c1-28(2)22-34(46)38(50)33(23-29-12-6-4-7-13-29)45(25-32-27-51-39(40)42-32)36(48)18-17-35(47)44(24-30-14-8-5-9-15-30)26-37(49)43(3)21-19-31-16-10-11-20-41-31/h10-11,16,20,27-30,33-34,38,46,50H,4-9,12-15,17-19,21-26H2,1-3H3,(H2,40,42)/t33-,34-,38+/m0/s1. The highest BCUT2D eigenvalue weighted by atomic mass is 32.1. The van der Waals surface area contributed by atoms with E-state index in [1.54, 1.807) is 27.9 Å².